The zero-order chi connectivity index (χ0) is 14.9. The first-order valence-electron chi connectivity index (χ1n) is 5.95. The molecule has 0 aliphatic rings. The largest absolute Gasteiger partial charge is 0.398 e. The van der Waals surface area contributed by atoms with Crippen LogP contribution in [0.5, 0.6) is 0 Å². The van der Waals surface area contributed by atoms with Gasteiger partial charge in [0.05, 0.1) is 10.6 Å². The summed E-state index contributed by atoms with van der Waals surface area (Å²) in [5.41, 5.74) is 7.42. The molecule has 0 fully saturated rings. The van der Waals surface area contributed by atoms with Crippen molar-refractivity contribution < 1.29 is 12.8 Å². The minimum absolute atomic E-state index is 0.0844. The zero-order valence-electron chi connectivity index (χ0n) is 11.1. The van der Waals surface area contributed by atoms with Crippen molar-refractivity contribution in [2.45, 2.75) is 18.7 Å². The van der Waals surface area contributed by atoms with Gasteiger partial charge in [-0.2, -0.15) is 0 Å². The second-order valence-corrected chi connectivity index (χ2v) is 6.19. The normalized spacial score (nSPS) is 11.3. The quantitative estimate of drug-likeness (QED) is 0.855. The van der Waals surface area contributed by atoms with Gasteiger partial charge in [0, 0.05) is 5.69 Å². The summed E-state index contributed by atoms with van der Waals surface area (Å²) in [6, 6.07) is 8.59. The van der Waals surface area contributed by atoms with Crippen LogP contribution in [0.1, 0.15) is 11.1 Å². The number of nitrogen functional groups attached to an aromatic ring is 1. The molecule has 0 spiro atoms. The maximum Gasteiger partial charge on any atom is 0.262 e. The number of nitrogens with two attached hydrogens (primary N) is 1. The highest BCUT2D eigenvalue weighted by Crippen LogP contribution is 2.25. The molecule has 6 heteroatoms. The van der Waals surface area contributed by atoms with E-state index in [0.29, 0.717) is 16.8 Å². The summed E-state index contributed by atoms with van der Waals surface area (Å²) in [6.07, 6.45) is 0. The number of rotatable bonds is 3. The van der Waals surface area contributed by atoms with Gasteiger partial charge in [-0.25, -0.2) is 12.8 Å². The third-order valence-corrected chi connectivity index (χ3v) is 4.57. The summed E-state index contributed by atoms with van der Waals surface area (Å²) >= 11 is 0. The molecular weight excluding hydrogens is 279 g/mol. The lowest BCUT2D eigenvalue weighted by Gasteiger charge is -2.13. The Kier molecular flexibility index (Phi) is 3.67. The molecule has 0 amide bonds. The molecule has 0 atom stereocenters. The highest BCUT2D eigenvalue weighted by molar-refractivity contribution is 7.92. The van der Waals surface area contributed by atoms with Crippen molar-refractivity contribution >= 4 is 21.4 Å². The van der Waals surface area contributed by atoms with Crippen molar-refractivity contribution in [1.82, 2.24) is 0 Å². The Morgan fingerprint density at radius 3 is 2.55 bits per heavy atom. The van der Waals surface area contributed by atoms with E-state index in [0.717, 1.165) is 6.07 Å². The van der Waals surface area contributed by atoms with E-state index in [1.807, 2.05) is 0 Å². The Labute approximate surface area is 117 Å². The number of benzene rings is 2. The van der Waals surface area contributed by atoms with E-state index >= 15 is 0 Å². The predicted octanol–water partition coefficient (Wildman–Crippen LogP) is 2.83. The molecule has 0 aliphatic heterocycles. The molecule has 0 bridgehead atoms. The molecule has 0 saturated carbocycles. The fourth-order valence-corrected chi connectivity index (χ4v) is 3.22. The number of nitrogens with one attached hydrogen (secondary N) is 1. The van der Waals surface area contributed by atoms with Gasteiger partial charge in [-0.1, -0.05) is 12.1 Å². The number of aryl methyl sites for hydroxylation is 1. The van der Waals surface area contributed by atoms with Crippen molar-refractivity contribution in [3.63, 3.8) is 0 Å². The van der Waals surface area contributed by atoms with E-state index in [1.54, 1.807) is 26.0 Å². The molecule has 0 aromatic heterocycles. The summed E-state index contributed by atoms with van der Waals surface area (Å²) in [5, 5.41) is 0. The van der Waals surface area contributed by atoms with Gasteiger partial charge >= 0.3 is 0 Å². The Hall–Kier alpha value is -2.08. The lowest BCUT2D eigenvalue weighted by Crippen LogP contribution is -2.15. The van der Waals surface area contributed by atoms with Crippen LogP contribution in [0.3, 0.4) is 0 Å². The second kappa shape index (κ2) is 5.13. The Bertz CT molecular complexity index is 758. The summed E-state index contributed by atoms with van der Waals surface area (Å²) in [6.45, 7) is 3.33. The average Bonchev–Trinajstić information content (AvgIpc) is 2.36. The molecule has 106 valence electrons. The topological polar surface area (TPSA) is 72.2 Å². The third-order valence-electron chi connectivity index (χ3n) is 3.06. The molecule has 4 nitrogen and oxygen atoms in total. The minimum Gasteiger partial charge on any atom is -0.398 e. The third kappa shape index (κ3) is 2.75. The number of hydrogen-bond donors (Lipinski definition) is 2. The van der Waals surface area contributed by atoms with Crippen molar-refractivity contribution in [1.29, 1.82) is 0 Å². The number of sulfonamides is 1. The van der Waals surface area contributed by atoms with Gasteiger partial charge in [0.15, 0.2) is 0 Å². The maximum absolute atomic E-state index is 13.2. The van der Waals surface area contributed by atoms with E-state index in [1.165, 1.54) is 18.2 Å². The van der Waals surface area contributed by atoms with E-state index in [4.69, 9.17) is 5.73 Å². The molecule has 3 N–H and O–H groups in total. The van der Waals surface area contributed by atoms with Crippen LogP contribution in [-0.4, -0.2) is 8.42 Å². The Morgan fingerprint density at radius 2 is 1.85 bits per heavy atom. The standard InChI is InChI=1S/C14H15FN2O2S/c1-9-6-7-11(15)8-13(9)17-20(18,19)14-5-3-4-12(16)10(14)2/h3-8,17H,16H2,1-2H3. The van der Waals surface area contributed by atoms with Gasteiger partial charge in [-0.3, -0.25) is 4.72 Å². The first kappa shape index (κ1) is 14.3. The number of hydrogen-bond acceptors (Lipinski definition) is 3. The molecule has 0 radical (unpaired) electrons. The van der Waals surface area contributed by atoms with Crippen LogP contribution in [0.25, 0.3) is 0 Å². The first-order valence-corrected chi connectivity index (χ1v) is 7.43. The summed E-state index contributed by atoms with van der Waals surface area (Å²) in [4.78, 5) is 0.0844. The van der Waals surface area contributed by atoms with Gasteiger partial charge < -0.3 is 5.73 Å². The Balaban J connectivity index is 2.46. The van der Waals surface area contributed by atoms with Crippen molar-refractivity contribution in [3.8, 4) is 0 Å². The SMILES string of the molecule is Cc1ccc(F)cc1NS(=O)(=O)c1cccc(N)c1C. The number of halogens is 1. The molecule has 0 heterocycles. The molecule has 2 aromatic carbocycles. The highest BCUT2D eigenvalue weighted by atomic mass is 32.2. The molecule has 0 unspecified atom stereocenters. The first-order chi connectivity index (χ1) is 9.31. The summed E-state index contributed by atoms with van der Waals surface area (Å²) in [7, 11) is -3.80. The van der Waals surface area contributed by atoms with E-state index < -0.39 is 15.8 Å². The van der Waals surface area contributed by atoms with Crippen LogP contribution >= 0.6 is 0 Å². The molecular formula is C14H15FN2O2S. The molecule has 20 heavy (non-hydrogen) atoms. The maximum atomic E-state index is 13.2. The summed E-state index contributed by atoms with van der Waals surface area (Å²) in [5.74, 6) is -0.502. The van der Waals surface area contributed by atoms with Crippen molar-refractivity contribution in [2.24, 2.45) is 0 Å². The lowest BCUT2D eigenvalue weighted by atomic mass is 10.2. The van der Waals surface area contributed by atoms with E-state index in [-0.39, 0.29) is 10.6 Å². The smallest absolute Gasteiger partial charge is 0.262 e. The number of anilines is 2. The van der Waals surface area contributed by atoms with Gasteiger partial charge in [0.1, 0.15) is 5.82 Å². The van der Waals surface area contributed by atoms with Crippen LogP contribution in [0, 0.1) is 19.7 Å². The second-order valence-electron chi connectivity index (χ2n) is 4.54. The van der Waals surface area contributed by atoms with Crippen LogP contribution < -0.4 is 10.5 Å². The molecule has 0 aliphatic carbocycles. The molecule has 2 aromatic rings. The minimum atomic E-state index is -3.80. The van der Waals surface area contributed by atoms with E-state index in [2.05, 4.69) is 4.72 Å². The Morgan fingerprint density at radius 1 is 1.15 bits per heavy atom. The van der Waals surface area contributed by atoms with Crippen LogP contribution in [-0.2, 0) is 10.0 Å². The highest BCUT2D eigenvalue weighted by Gasteiger charge is 2.19. The van der Waals surface area contributed by atoms with Crippen LogP contribution in [0.2, 0.25) is 0 Å². The fourth-order valence-electron chi connectivity index (χ4n) is 1.83. The van der Waals surface area contributed by atoms with Gasteiger partial charge in [-0.15, -0.1) is 0 Å². The lowest BCUT2D eigenvalue weighted by molar-refractivity contribution is 0.600. The predicted molar refractivity (Wildman–Crippen MR) is 77.5 cm³/mol. The molecule has 2 rings (SSSR count). The average molecular weight is 294 g/mol. The van der Waals surface area contributed by atoms with Gasteiger partial charge in [-0.05, 0) is 49.2 Å². The van der Waals surface area contributed by atoms with Crippen molar-refractivity contribution in [3.05, 3.63) is 53.3 Å². The zero-order valence-corrected chi connectivity index (χ0v) is 12.0. The van der Waals surface area contributed by atoms with E-state index in [9.17, 15) is 12.8 Å². The summed E-state index contributed by atoms with van der Waals surface area (Å²) < 4.78 is 40.3. The van der Waals surface area contributed by atoms with Gasteiger partial charge in [0.2, 0.25) is 0 Å². The fraction of sp³-hybridized carbons (Fsp3) is 0.143. The van der Waals surface area contributed by atoms with Crippen LogP contribution in [0.15, 0.2) is 41.3 Å². The molecule has 0 saturated heterocycles. The van der Waals surface area contributed by atoms with Gasteiger partial charge in [0.25, 0.3) is 10.0 Å². The monoisotopic (exact) mass is 294 g/mol. The van der Waals surface area contributed by atoms with Crippen LogP contribution in [0.4, 0.5) is 15.8 Å². The van der Waals surface area contributed by atoms with Crippen molar-refractivity contribution in [2.75, 3.05) is 10.5 Å².